The van der Waals surface area contributed by atoms with Gasteiger partial charge in [-0.15, -0.1) is 0 Å². The second kappa shape index (κ2) is 26.8. The molecular formula is C55H89N3O5. The largest absolute Gasteiger partial charge is 0.350 e. The summed E-state index contributed by atoms with van der Waals surface area (Å²) in [4.78, 5) is 65.1. The van der Waals surface area contributed by atoms with Crippen LogP contribution in [0.15, 0.2) is 31.3 Å². The Labute approximate surface area is 380 Å². The highest BCUT2D eigenvalue weighted by molar-refractivity contribution is 5.97. The Bertz CT molecular complexity index is 1930. The van der Waals surface area contributed by atoms with Crippen LogP contribution in [0.25, 0.3) is 21.5 Å². The van der Waals surface area contributed by atoms with Gasteiger partial charge < -0.3 is 5.32 Å². The van der Waals surface area contributed by atoms with Gasteiger partial charge in [-0.1, -0.05) is 182 Å². The van der Waals surface area contributed by atoms with Crippen LogP contribution < -0.4 is 27.6 Å². The molecular weight excluding hydrogens is 783 g/mol. The van der Waals surface area contributed by atoms with E-state index in [0.717, 1.165) is 55.8 Å². The molecule has 0 radical (unpaired) electrons. The van der Waals surface area contributed by atoms with Crippen LogP contribution in [-0.2, 0) is 11.3 Å². The summed E-state index contributed by atoms with van der Waals surface area (Å²) in [6, 6.07) is 2.84. The van der Waals surface area contributed by atoms with Crippen molar-refractivity contribution in [2.75, 3.05) is 0 Å². The van der Waals surface area contributed by atoms with Crippen molar-refractivity contribution >= 4 is 27.5 Å². The Hall–Kier alpha value is -3.03. The van der Waals surface area contributed by atoms with E-state index < -0.39 is 11.1 Å². The molecule has 8 nitrogen and oxygen atoms in total. The summed E-state index contributed by atoms with van der Waals surface area (Å²) in [5, 5.41) is 4.25. The number of fused-ring (bicyclic) bond motifs is 2. The number of H-pyrrole nitrogens is 1. The van der Waals surface area contributed by atoms with E-state index in [1.165, 1.54) is 190 Å². The summed E-state index contributed by atoms with van der Waals surface area (Å²) in [5.41, 5.74) is -1.70. The minimum absolute atomic E-state index is 0.0439. The van der Waals surface area contributed by atoms with Gasteiger partial charge in [-0.2, -0.15) is 0 Å². The summed E-state index contributed by atoms with van der Waals surface area (Å²) < 4.78 is 1.30. The third-order valence-electron chi connectivity index (χ3n) is 16.3. The molecule has 2 aliphatic rings. The first kappa shape index (κ1) is 51.0. The van der Waals surface area contributed by atoms with Crippen LogP contribution in [0.3, 0.4) is 0 Å². The Morgan fingerprint density at radius 3 is 1.49 bits per heavy atom. The molecule has 0 bridgehead atoms. The van der Waals surface area contributed by atoms with Gasteiger partial charge in [0.05, 0.1) is 21.5 Å². The van der Waals surface area contributed by atoms with Crippen LogP contribution in [0, 0.1) is 29.6 Å². The summed E-state index contributed by atoms with van der Waals surface area (Å²) in [5.74, 6) is 4.36. The number of nitrogens with one attached hydrogen (secondary N) is 2. The summed E-state index contributed by atoms with van der Waals surface area (Å²) >= 11 is 0. The Morgan fingerprint density at radius 1 is 0.556 bits per heavy atom. The maximum Gasteiger partial charge on any atom is 0.261 e. The number of hydrogen-bond donors (Lipinski definition) is 2. The number of unbranched alkanes of at least 4 members (excludes halogenated alkanes) is 18. The van der Waals surface area contributed by atoms with Gasteiger partial charge in [-0.25, -0.2) is 0 Å². The van der Waals surface area contributed by atoms with E-state index in [1.54, 1.807) is 0 Å². The van der Waals surface area contributed by atoms with E-state index in [9.17, 15) is 24.0 Å². The van der Waals surface area contributed by atoms with E-state index in [-0.39, 0.29) is 44.1 Å². The zero-order valence-electron chi connectivity index (χ0n) is 40.6. The third kappa shape index (κ3) is 14.5. The molecule has 63 heavy (non-hydrogen) atoms. The van der Waals surface area contributed by atoms with Crippen molar-refractivity contribution < 1.29 is 4.79 Å². The second-order valence-electron chi connectivity index (χ2n) is 20.8. The first-order chi connectivity index (χ1) is 30.6. The van der Waals surface area contributed by atoms with E-state index in [0.29, 0.717) is 18.9 Å². The molecule has 1 saturated heterocycles. The minimum Gasteiger partial charge on any atom is -0.350 e. The van der Waals surface area contributed by atoms with E-state index in [1.807, 2.05) is 0 Å². The number of nitrogens with zero attached hydrogens (tertiary/aromatic N) is 1. The third-order valence-corrected chi connectivity index (χ3v) is 16.3. The van der Waals surface area contributed by atoms with Gasteiger partial charge in [0.15, 0.2) is 0 Å². The molecule has 8 heteroatoms. The molecule has 5 rings (SSSR count). The monoisotopic (exact) mass is 872 g/mol. The lowest BCUT2D eigenvalue weighted by Crippen LogP contribution is -2.47. The predicted octanol–water partition coefficient (Wildman–Crippen LogP) is 13.4. The highest BCUT2D eigenvalue weighted by atomic mass is 16.2. The molecule has 0 spiro atoms. The lowest BCUT2D eigenvalue weighted by molar-refractivity contribution is -0.120. The lowest BCUT2D eigenvalue weighted by atomic mass is 9.61. The molecule has 3 aromatic rings. The molecule has 2 fully saturated rings. The second-order valence-corrected chi connectivity index (χ2v) is 20.8. The van der Waals surface area contributed by atoms with Crippen LogP contribution in [0.1, 0.15) is 240 Å². The first-order valence-corrected chi connectivity index (χ1v) is 26.8. The summed E-state index contributed by atoms with van der Waals surface area (Å²) in [7, 11) is 0. The smallest absolute Gasteiger partial charge is 0.261 e. The number of carbonyl (C=O) groups is 1. The molecule has 2 aromatic heterocycles. The van der Waals surface area contributed by atoms with Gasteiger partial charge in [0.25, 0.3) is 22.2 Å². The summed E-state index contributed by atoms with van der Waals surface area (Å²) in [6.45, 7) is 9.67. The number of aromatic amines is 1. The number of carbonyl (C=O) groups excluding carboxylic acids is 1. The van der Waals surface area contributed by atoms with Crippen molar-refractivity contribution in [1.82, 2.24) is 14.9 Å². The Morgan fingerprint density at radius 2 is 1.00 bits per heavy atom. The van der Waals surface area contributed by atoms with Crippen LogP contribution in [0.5, 0.6) is 0 Å². The highest BCUT2D eigenvalue weighted by Crippen LogP contribution is 2.48. The van der Waals surface area contributed by atoms with Crippen molar-refractivity contribution in [3.8, 4) is 0 Å². The molecule has 1 amide bonds. The minimum atomic E-state index is -0.512. The molecule has 6 atom stereocenters. The molecule has 354 valence electrons. The van der Waals surface area contributed by atoms with Crippen LogP contribution in [0.4, 0.5) is 0 Å². The fourth-order valence-corrected chi connectivity index (χ4v) is 12.4. The van der Waals surface area contributed by atoms with Crippen LogP contribution in [0.2, 0.25) is 0 Å². The van der Waals surface area contributed by atoms with Crippen molar-refractivity contribution in [2.24, 2.45) is 29.6 Å². The molecule has 3 heterocycles. The molecule has 1 aliphatic heterocycles. The number of benzene rings is 1. The number of hydrogen-bond acceptors (Lipinski definition) is 5. The fourth-order valence-electron chi connectivity index (χ4n) is 12.4. The predicted molar refractivity (Wildman–Crippen MR) is 265 cm³/mol. The van der Waals surface area contributed by atoms with Gasteiger partial charge in [0.2, 0.25) is 5.91 Å². The number of rotatable bonds is 33. The van der Waals surface area contributed by atoms with E-state index in [2.05, 4.69) is 38.0 Å². The molecule has 1 saturated carbocycles. The normalized spacial score (nSPS) is 22.1. The maximum atomic E-state index is 13.1. The maximum absolute atomic E-state index is 13.1. The Balaban J connectivity index is 1.10. The Kier molecular flexibility index (Phi) is 21.7. The van der Waals surface area contributed by atoms with Crippen molar-refractivity contribution in [2.45, 2.75) is 252 Å². The van der Waals surface area contributed by atoms with Gasteiger partial charge in [-0.3, -0.25) is 33.5 Å². The fraction of sp³-hybridized carbons (Fsp3) is 0.800. The van der Waals surface area contributed by atoms with Gasteiger partial charge in [-0.05, 0) is 93.1 Å². The lowest BCUT2D eigenvalue weighted by Gasteiger charge is -2.44. The molecule has 1 aliphatic carbocycles. The van der Waals surface area contributed by atoms with Crippen LogP contribution >= 0.6 is 0 Å². The van der Waals surface area contributed by atoms with Crippen LogP contribution in [-0.4, -0.2) is 21.0 Å². The highest BCUT2D eigenvalue weighted by Gasteiger charge is 2.41. The van der Waals surface area contributed by atoms with E-state index >= 15 is 0 Å². The van der Waals surface area contributed by atoms with Crippen molar-refractivity contribution in [3.05, 3.63) is 53.5 Å². The van der Waals surface area contributed by atoms with Gasteiger partial charge in [0.1, 0.15) is 0 Å². The quantitative estimate of drug-likeness (QED) is 0.0591. The molecule has 6 unspecified atom stereocenters. The average Bonchev–Trinajstić information content (AvgIpc) is 3.88. The average molecular weight is 872 g/mol. The van der Waals surface area contributed by atoms with Crippen molar-refractivity contribution in [3.63, 3.8) is 0 Å². The standard InChI is InChI=1S/C55H89N3O5/c1-5-8-11-13-19-25-31-44-42(29-23-12-9-6-2)33-34-43(30-24-18-16-17-22-28-41(4)55(36-10-7-3)37-35-50(59)57-55)45(44)32-26-20-14-15-21-27-38-58-53(62)48-39-46-47(40-49(48)54(58)63)52(61)56-51(46)60/h39-45H,5-38H2,1-4H3,(H,57,59)(H,56,60,61). The zero-order valence-corrected chi connectivity index (χ0v) is 40.6. The van der Waals surface area contributed by atoms with Crippen molar-refractivity contribution in [1.29, 1.82) is 0 Å². The van der Waals surface area contributed by atoms with Gasteiger partial charge >= 0.3 is 0 Å². The zero-order chi connectivity index (χ0) is 45.0. The SMILES string of the molecule is CCCCCCCCC1C(CCCCCC)CCC(CCCCCCCC(C)C2(CCCC)CCC(=O)N2)C1CCCCCCCCn1c(=O)c2cc3c(=O)[nH]c(=O)c3cc2c1=O. The topological polar surface area (TPSA) is 118 Å². The first-order valence-electron chi connectivity index (χ1n) is 26.8. The van der Waals surface area contributed by atoms with Gasteiger partial charge in [0, 0.05) is 18.5 Å². The van der Waals surface area contributed by atoms with E-state index in [4.69, 9.17) is 0 Å². The molecule has 2 N–H and O–H groups in total. The molecule has 1 aromatic carbocycles. The summed E-state index contributed by atoms with van der Waals surface area (Å²) in [6.07, 6.45) is 42.1. The number of aromatic nitrogens is 2. The number of amides is 1.